The molecule has 2 rings (SSSR count). The fraction of sp³-hybridized carbons (Fsp3) is 0.538. The van der Waals surface area contributed by atoms with Crippen molar-refractivity contribution in [2.24, 2.45) is 11.1 Å². The van der Waals surface area contributed by atoms with Crippen molar-refractivity contribution in [2.45, 2.75) is 31.7 Å². The summed E-state index contributed by atoms with van der Waals surface area (Å²) >= 11 is 0. The van der Waals surface area contributed by atoms with Crippen LogP contribution in [0.15, 0.2) is 23.1 Å². The lowest BCUT2D eigenvalue weighted by Crippen LogP contribution is -2.31. The van der Waals surface area contributed by atoms with E-state index < -0.39 is 15.8 Å². The SMILES string of the molecule is CC1(C)CCN(S(=O)(=O)c2cc(F)ccc2CN)C1. The van der Waals surface area contributed by atoms with Gasteiger partial charge in [-0.15, -0.1) is 0 Å². The van der Waals surface area contributed by atoms with Gasteiger partial charge in [0.1, 0.15) is 5.82 Å². The maximum Gasteiger partial charge on any atom is 0.243 e. The molecule has 2 N–H and O–H groups in total. The van der Waals surface area contributed by atoms with E-state index in [2.05, 4.69) is 0 Å². The number of benzene rings is 1. The van der Waals surface area contributed by atoms with Crippen LogP contribution in [0, 0.1) is 11.2 Å². The summed E-state index contributed by atoms with van der Waals surface area (Å²) in [6.45, 7) is 5.05. The zero-order valence-electron chi connectivity index (χ0n) is 11.2. The van der Waals surface area contributed by atoms with E-state index in [1.165, 1.54) is 16.4 Å². The molecule has 19 heavy (non-hydrogen) atoms. The number of hydrogen-bond donors (Lipinski definition) is 1. The van der Waals surface area contributed by atoms with E-state index in [9.17, 15) is 12.8 Å². The smallest absolute Gasteiger partial charge is 0.243 e. The van der Waals surface area contributed by atoms with Crippen LogP contribution in [-0.4, -0.2) is 25.8 Å². The third-order valence-corrected chi connectivity index (χ3v) is 5.44. The van der Waals surface area contributed by atoms with Crippen LogP contribution in [0.5, 0.6) is 0 Å². The van der Waals surface area contributed by atoms with Crippen LogP contribution in [0.1, 0.15) is 25.8 Å². The van der Waals surface area contributed by atoms with Gasteiger partial charge in [-0.2, -0.15) is 4.31 Å². The highest BCUT2D eigenvalue weighted by molar-refractivity contribution is 7.89. The molecule has 1 aromatic carbocycles. The summed E-state index contributed by atoms with van der Waals surface area (Å²) in [6, 6.07) is 3.72. The van der Waals surface area contributed by atoms with Gasteiger partial charge in [0.25, 0.3) is 0 Å². The average molecular weight is 286 g/mol. The minimum Gasteiger partial charge on any atom is -0.326 e. The highest BCUT2D eigenvalue weighted by Crippen LogP contribution is 2.33. The summed E-state index contributed by atoms with van der Waals surface area (Å²) in [5.74, 6) is -0.561. The summed E-state index contributed by atoms with van der Waals surface area (Å²) in [7, 11) is -3.66. The predicted molar refractivity (Wildman–Crippen MR) is 71.4 cm³/mol. The van der Waals surface area contributed by atoms with Gasteiger partial charge in [-0.1, -0.05) is 19.9 Å². The molecule has 1 heterocycles. The van der Waals surface area contributed by atoms with Gasteiger partial charge in [-0.25, -0.2) is 12.8 Å². The summed E-state index contributed by atoms with van der Waals surface area (Å²) < 4.78 is 39.9. The lowest BCUT2D eigenvalue weighted by atomic mass is 9.93. The zero-order valence-corrected chi connectivity index (χ0v) is 12.0. The Hall–Kier alpha value is -0.980. The first-order valence-electron chi connectivity index (χ1n) is 6.25. The Balaban J connectivity index is 2.43. The highest BCUT2D eigenvalue weighted by atomic mass is 32.2. The van der Waals surface area contributed by atoms with Crippen LogP contribution in [0.4, 0.5) is 4.39 Å². The van der Waals surface area contributed by atoms with Crippen LogP contribution in [-0.2, 0) is 16.6 Å². The van der Waals surface area contributed by atoms with Crippen LogP contribution in [0.3, 0.4) is 0 Å². The third kappa shape index (κ3) is 2.80. The number of nitrogens with zero attached hydrogens (tertiary/aromatic N) is 1. The molecule has 1 aliphatic rings. The Morgan fingerprint density at radius 2 is 2.11 bits per heavy atom. The Kier molecular flexibility index (Phi) is 3.68. The van der Waals surface area contributed by atoms with Crippen LogP contribution >= 0.6 is 0 Å². The Morgan fingerprint density at radius 3 is 2.63 bits per heavy atom. The minimum atomic E-state index is -3.66. The number of halogens is 1. The van der Waals surface area contributed by atoms with E-state index >= 15 is 0 Å². The number of rotatable bonds is 3. The molecule has 0 aliphatic carbocycles. The van der Waals surface area contributed by atoms with Crippen LogP contribution in [0.25, 0.3) is 0 Å². The minimum absolute atomic E-state index is 0.00676. The summed E-state index contributed by atoms with van der Waals surface area (Å²) in [5, 5.41) is 0. The molecule has 0 saturated carbocycles. The van der Waals surface area contributed by atoms with Crippen molar-refractivity contribution in [3.05, 3.63) is 29.6 Å². The molecule has 0 aromatic heterocycles. The molecule has 4 nitrogen and oxygen atoms in total. The van der Waals surface area contributed by atoms with E-state index in [-0.39, 0.29) is 16.9 Å². The molecule has 1 aliphatic heterocycles. The molecule has 0 radical (unpaired) electrons. The first-order chi connectivity index (χ1) is 8.76. The normalized spacial score (nSPS) is 19.8. The van der Waals surface area contributed by atoms with Crippen molar-refractivity contribution in [3.8, 4) is 0 Å². The first kappa shape index (κ1) is 14.4. The molecule has 6 heteroatoms. The Morgan fingerprint density at radius 1 is 1.42 bits per heavy atom. The molecule has 0 atom stereocenters. The van der Waals surface area contributed by atoms with E-state index in [0.29, 0.717) is 18.7 Å². The first-order valence-corrected chi connectivity index (χ1v) is 7.69. The van der Waals surface area contributed by atoms with E-state index in [0.717, 1.165) is 12.5 Å². The largest absolute Gasteiger partial charge is 0.326 e. The van der Waals surface area contributed by atoms with Gasteiger partial charge in [-0.05, 0) is 29.5 Å². The van der Waals surface area contributed by atoms with E-state index in [1.807, 2.05) is 13.8 Å². The lowest BCUT2D eigenvalue weighted by Gasteiger charge is -2.21. The van der Waals surface area contributed by atoms with Gasteiger partial charge in [-0.3, -0.25) is 0 Å². The fourth-order valence-electron chi connectivity index (χ4n) is 2.34. The van der Waals surface area contributed by atoms with Gasteiger partial charge in [0.15, 0.2) is 0 Å². The van der Waals surface area contributed by atoms with Gasteiger partial charge < -0.3 is 5.73 Å². The fourth-order valence-corrected chi connectivity index (χ4v) is 4.22. The van der Waals surface area contributed by atoms with Crippen molar-refractivity contribution in [1.82, 2.24) is 4.31 Å². The molecule has 1 fully saturated rings. The lowest BCUT2D eigenvalue weighted by molar-refractivity contribution is 0.375. The zero-order chi connectivity index (χ0) is 14.3. The van der Waals surface area contributed by atoms with Crippen LogP contribution in [0.2, 0.25) is 0 Å². The molecular formula is C13H19FN2O2S. The van der Waals surface area contributed by atoms with E-state index in [4.69, 9.17) is 5.73 Å². The standard InChI is InChI=1S/C13H19FN2O2S/c1-13(2)5-6-16(9-13)19(17,18)12-7-11(14)4-3-10(12)8-15/h3-4,7H,5-6,8-9,15H2,1-2H3. The second-order valence-electron chi connectivity index (χ2n) is 5.71. The second kappa shape index (κ2) is 4.85. The maximum atomic E-state index is 13.3. The van der Waals surface area contributed by atoms with Crippen molar-refractivity contribution < 1.29 is 12.8 Å². The molecule has 1 aromatic rings. The molecule has 106 valence electrons. The van der Waals surface area contributed by atoms with E-state index in [1.54, 1.807) is 0 Å². The Labute approximate surface area is 113 Å². The summed E-state index contributed by atoms with van der Waals surface area (Å²) in [6.07, 6.45) is 0.805. The summed E-state index contributed by atoms with van der Waals surface area (Å²) in [4.78, 5) is -0.00676. The monoisotopic (exact) mass is 286 g/mol. The third-order valence-electron chi connectivity index (χ3n) is 3.51. The van der Waals surface area contributed by atoms with Gasteiger partial charge in [0, 0.05) is 19.6 Å². The average Bonchev–Trinajstić information content (AvgIpc) is 2.70. The van der Waals surface area contributed by atoms with Crippen molar-refractivity contribution >= 4 is 10.0 Å². The predicted octanol–water partition coefficient (Wildman–Crippen LogP) is 1.71. The quantitative estimate of drug-likeness (QED) is 0.920. The molecule has 1 saturated heterocycles. The maximum absolute atomic E-state index is 13.3. The molecular weight excluding hydrogens is 267 g/mol. The highest BCUT2D eigenvalue weighted by Gasteiger charge is 2.37. The second-order valence-corrected chi connectivity index (χ2v) is 7.62. The molecule has 0 unspecified atom stereocenters. The van der Waals surface area contributed by atoms with Gasteiger partial charge >= 0.3 is 0 Å². The number of sulfonamides is 1. The van der Waals surface area contributed by atoms with Gasteiger partial charge in [0.05, 0.1) is 4.90 Å². The topological polar surface area (TPSA) is 63.4 Å². The van der Waals surface area contributed by atoms with Crippen molar-refractivity contribution in [2.75, 3.05) is 13.1 Å². The molecule has 0 spiro atoms. The Bertz CT molecular complexity index is 584. The van der Waals surface area contributed by atoms with Crippen molar-refractivity contribution in [3.63, 3.8) is 0 Å². The van der Waals surface area contributed by atoms with Gasteiger partial charge in [0.2, 0.25) is 10.0 Å². The van der Waals surface area contributed by atoms with Crippen LogP contribution < -0.4 is 5.73 Å². The molecule has 0 amide bonds. The molecule has 0 bridgehead atoms. The number of nitrogens with two attached hydrogens (primary N) is 1. The van der Waals surface area contributed by atoms with Crippen molar-refractivity contribution in [1.29, 1.82) is 0 Å². The number of hydrogen-bond acceptors (Lipinski definition) is 3. The summed E-state index contributed by atoms with van der Waals surface area (Å²) in [5.41, 5.74) is 5.96.